The average molecular weight is 351 g/mol. The largest absolute Gasteiger partial charge is 0.292 e. The molecule has 2 aromatic heterocycles. The molecule has 134 valence electrons. The van der Waals surface area contributed by atoms with Crippen molar-refractivity contribution in [2.45, 2.75) is 33.6 Å². The van der Waals surface area contributed by atoms with Gasteiger partial charge in [-0.2, -0.15) is 4.68 Å². The van der Waals surface area contributed by atoms with Gasteiger partial charge in [0.2, 0.25) is 5.95 Å². The predicted octanol–water partition coefficient (Wildman–Crippen LogP) is 2.74. The molecule has 0 aliphatic carbocycles. The summed E-state index contributed by atoms with van der Waals surface area (Å²) in [5, 5.41) is 2.92. The van der Waals surface area contributed by atoms with Gasteiger partial charge in [-0.25, -0.2) is 4.98 Å². The van der Waals surface area contributed by atoms with E-state index in [1.165, 1.54) is 22.5 Å². The Morgan fingerprint density at radius 2 is 1.85 bits per heavy atom. The molecule has 0 unspecified atom stereocenters. The van der Waals surface area contributed by atoms with Gasteiger partial charge in [-0.05, 0) is 37.5 Å². The summed E-state index contributed by atoms with van der Waals surface area (Å²) in [4.78, 5) is 35.4. The maximum Gasteiger partial charge on any atom is 0.282 e. The zero-order chi connectivity index (χ0) is 18.8. The van der Waals surface area contributed by atoms with Crippen LogP contribution in [0.15, 0.2) is 44.9 Å². The molecule has 0 aliphatic rings. The number of rotatable bonds is 4. The van der Waals surface area contributed by atoms with Crippen LogP contribution in [0.3, 0.4) is 0 Å². The fourth-order valence-corrected chi connectivity index (χ4v) is 2.61. The maximum atomic E-state index is 12.7. The Hall–Kier alpha value is -3.22. The summed E-state index contributed by atoms with van der Waals surface area (Å²) in [5.74, 6) is 0.611. The molecule has 0 saturated carbocycles. The van der Waals surface area contributed by atoms with Gasteiger partial charge < -0.3 is 0 Å². The molecule has 0 radical (unpaired) electrons. The molecule has 0 spiro atoms. The Labute approximate surface area is 150 Å². The van der Waals surface area contributed by atoms with E-state index in [1.807, 2.05) is 24.3 Å². The summed E-state index contributed by atoms with van der Waals surface area (Å²) >= 11 is 0. The van der Waals surface area contributed by atoms with Crippen molar-refractivity contribution in [2.75, 3.05) is 0 Å². The number of benzene rings is 1. The Morgan fingerprint density at radius 3 is 2.46 bits per heavy atom. The Bertz CT molecular complexity index is 1070. The van der Waals surface area contributed by atoms with Gasteiger partial charge in [-0.15, -0.1) is 0 Å². The van der Waals surface area contributed by atoms with Crippen molar-refractivity contribution in [2.24, 2.45) is 4.99 Å². The van der Waals surface area contributed by atoms with E-state index in [2.05, 4.69) is 33.9 Å². The van der Waals surface area contributed by atoms with Crippen LogP contribution >= 0.6 is 0 Å². The monoisotopic (exact) mass is 351 g/mol. The number of nitrogens with zero attached hydrogens (tertiary/aromatic N) is 3. The number of aliphatic imine (C=N–C) groups is 1. The van der Waals surface area contributed by atoms with Crippen LogP contribution in [0.1, 0.15) is 42.3 Å². The standard InChI is InChI=1S/C19H21N5O2/c1-11(2)14-5-7-15(8-6-14)20-10-16-13(4)23-24(18(16)26)19-21-12(3)9-17(25)22-19/h5-11,23H,1-4H3,(H,21,22,25). The van der Waals surface area contributed by atoms with Gasteiger partial charge in [-0.3, -0.25) is 24.7 Å². The minimum Gasteiger partial charge on any atom is -0.292 e. The van der Waals surface area contributed by atoms with Crippen molar-refractivity contribution in [3.8, 4) is 5.95 Å². The third-order valence-electron chi connectivity index (χ3n) is 4.09. The molecule has 0 fully saturated rings. The van der Waals surface area contributed by atoms with E-state index in [0.717, 1.165) is 5.69 Å². The fraction of sp³-hybridized carbons (Fsp3) is 0.263. The number of aromatic amines is 2. The number of aromatic nitrogens is 4. The number of H-pyrrole nitrogens is 2. The molecule has 26 heavy (non-hydrogen) atoms. The highest BCUT2D eigenvalue weighted by Crippen LogP contribution is 2.19. The highest BCUT2D eigenvalue weighted by atomic mass is 16.1. The summed E-state index contributed by atoms with van der Waals surface area (Å²) in [6, 6.07) is 9.27. The molecular formula is C19H21N5O2. The van der Waals surface area contributed by atoms with Gasteiger partial charge in [0.15, 0.2) is 0 Å². The maximum absolute atomic E-state index is 12.7. The first-order valence-electron chi connectivity index (χ1n) is 8.39. The molecule has 7 nitrogen and oxygen atoms in total. The highest BCUT2D eigenvalue weighted by Gasteiger charge is 2.12. The van der Waals surface area contributed by atoms with E-state index in [0.29, 0.717) is 22.9 Å². The first-order chi connectivity index (χ1) is 12.3. The molecule has 0 saturated heterocycles. The SMILES string of the molecule is Cc1cc(=O)[nH]c(-n2[nH]c(C)c(C=Nc3ccc(C(C)C)cc3)c2=O)n1. The minimum atomic E-state index is -0.321. The number of aryl methyl sites for hydroxylation is 2. The molecule has 0 aliphatic heterocycles. The van der Waals surface area contributed by atoms with Crippen LogP contribution < -0.4 is 11.1 Å². The van der Waals surface area contributed by atoms with Crippen LogP contribution in [0.5, 0.6) is 0 Å². The zero-order valence-electron chi connectivity index (χ0n) is 15.2. The molecule has 3 aromatic rings. The summed E-state index contributed by atoms with van der Waals surface area (Å²) < 4.78 is 1.22. The zero-order valence-corrected chi connectivity index (χ0v) is 15.2. The average Bonchev–Trinajstić information content (AvgIpc) is 2.87. The van der Waals surface area contributed by atoms with Gasteiger partial charge >= 0.3 is 0 Å². The van der Waals surface area contributed by atoms with E-state index in [1.54, 1.807) is 13.8 Å². The van der Waals surface area contributed by atoms with Crippen molar-refractivity contribution in [3.63, 3.8) is 0 Å². The summed E-state index contributed by atoms with van der Waals surface area (Å²) in [6.45, 7) is 7.74. The number of hydrogen-bond donors (Lipinski definition) is 2. The van der Waals surface area contributed by atoms with E-state index in [9.17, 15) is 9.59 Å². The smallest absolute Gasteiger partial charge is 0.282 e. The van der Waals surface area contributed by atoms with Crippen molar-refractivity contribution >= 4 is 11.9 Å². The van der Waals surface area contributed by atoms with Crippen molar-refractivity contribution in [3.05, 3.63) is 73.6 Å². The lowest BCUT2D eigenvalue weighted by Gasteiger charge is -2.04. The lowest BCUT2D eigenvalue weighted by atomic mass is 10.0. The van der Waals surface area contributed by atoms with E-state index >= 15 is 0 Å². The van der Waals surface area contributed by atoms with Gasteiger partial charge in [-0.1, -0.05) is 26.0 Å². The van der Waals surface area contributed by atoms with Crippen molar-refractivity contribution in [1.82, 2.24) is 19.7 Å². The highest BCUT2D eigenvalue weighted by molar-refractivity contribution is 5.82. The topological polar surface area (TPSA) is 95.9 Å². The van der Waals surface area contributed by atoms with Crippen molar-refractivity contribution in [1.29, 1.82) is 0 Å². The third kappa shape index (κ3) is 3.56. The summed E-state index contributed by atoms with van der Waals surface area (Å²) in [6.07, 6.45) is 1.53. The molecular weight excluding hydrogens is 330 g/mol. The van der Waals surface area contributed by atoms with Crippen LogP contribution in [0.2, 0.25) is 0 Å². The molecule has 0 atom stereocenters. The third-order valence-corrected chi connectivity index (χ3v) is 4.09. The Balaban J connectivity index is 1.95. The number of nitrogens with one attached hydrogen (secondary N) is 2. The summed E-state index contributed by atoms with van der Waals surface area (Å²) in [5.41, 5.74) is 2.96. The molecule has 0 bridgehead atoms. The Kier molecular flexibility index (Phi) is 4.71. The van der Waals surface area contributed by atoms with Crippen LogP contribution in [-0.4, -0.2) is 26.0 Å². The summed E-state index contributed by atoms with van der Waals surface area (Å²) in [7, 11) is 0. The molecule has 1 aromatic carbocycles. The van der Waals surface area contributed by atoms with Gasteiger partial charge in [0.25, 0.3) is 11.1 Å². The lowest BCUT2D eigenvalue weighted by Crippen LogP contribution is -2.23. The van der Waals surface area contributed by atoms with Crippen LogP contribution in [0, 0.1) is 13.8 Å². The fourth-order valence-electron chi connectivity index (χ4n) is 2.61. The second kappa shape index (κ2) is 6.95. The second-order valence-electron chi connectivity index (χ2n) is 6.51. The van der Waals surface area contributed by atoms with E-state index in [-0.39, 0.29) is 17.1 Å². The number of hydrogen-bond acceptors (Lipinski definition) is 4. The van der Waals surface area contributed by atoms with Crippen LogP contribution in [-0.2, 0) is 0 Å². The molecule has 7 heteroatoms. The Morgan fingerprint density at radius 1 is 1.15 bits per heavy atom. The molecule has 3 rings (SSSR count). The predicted molar refractivity (Wildman–Crippen MR) is 102 cm³/mol. The minimum absolute atomic E-state index is 0.157. The quantitative estimate of drug-likeness (QED) is 0.707. The van der Waals surface area contributed by atoms with Crippen LogP contribution in [0.4, 0.5) is 5.69 Å². The second-order valence-corrected chi connectivity index (χ2v) is 6.51. The van der Waals surface area contributed by atoms with Crippen LogP contribution in [0.25, 0.3) is 5.95 Å². The van der Waals surface area contributed by atoms with E-state index < -0.39 is 0 Å². The van der Waals surface area contributed by atoms with Crippen molar-refractivity contribution < 1.29 is 0 Å². The first-order valence-corrected chi connectivity index (χ1v) is 8.39. The first kappa shape index (κ1) is 17.6. The van der Waals surface area contributed by atoms with Gasteiger partial charge in [0.05, 0.1) is 11.3 Å². The normalized spacial score (nSPS) is 11.6. The molecule has 0 amide bonds. The van der Waals surface area contributed by atoms with Gasteiger partial charge in [0.1, 0.15) is 0 Å². The van der Waals surface area contributed by atoms with Gasteiger partial charge in [0, 0.05) is 23.7 Å². The van der Waals surface area contributed by atoms with E-state index in [4.69, 9.17) is 0 Å². The molecule has 2 N–H and O–H groups in total. The molecule has 2 heterocycles. The lowest BCUT2D eigenvalue weighted by molar-refractivity contribution is 0.763.